The van der Waals surface area contributed by atoms with Gasteiger partial charge in [0.2, 0.25) is 5.16 Å². The first-order valence-corrected chi connectivity index (χ1v) is 7.89. The lowest BCUT2D eigenvalue weighted by Gasteiger charge is -2.04. The average molecular weight is 351 g/mol. The summed E-state index contributed by atoms with van der Waals surface area (Å²) in [5.74, 6) is 0.700. The summed E-state index contributed by atoms with van der Waals surface area (Å²) in [5, 5.41) is 7.17. The molecule has 9 heteroatoms. The molecule has 1 N–H and O–H groups in total. The van der Waals surface area contributed by atoms with Crippen LogP contribution in [0.1, 0.15) is 23.8 Å². The van der Waals surface area contributed by atoms with Crippen LogP contribution in [0.15, 0.2) is 41.8 Å². The molecule has 1 aromatic carbocycles. The maximum absolute atomic E-state index is 12.8. The van der Waals surface area contributed by atoms with E-state index in [-0.39, 0.29) is 17.4 Å². The lowest BCUT2D eigenvalue weighted by Crippen LogP contribution is -2.02. The fourth-order valence-electron chi connectivity index (χ4n) is 1.91. The van der Waals surface area contributed by atoms with Crippen LogP contribution in [0, 0.1) is 5.82 Å². The molecule has 24 heavy (non-hydrogen) atoms. The van der Waals surface area contributed by atoms with Crippen LogP contribution in [0.3, 0.4) is 0 Å². The van der Waals surface area contributed by atoms with Crippen LogP contribution in [0.2, 0.25) is 0 Å². The molecule has 0 fully saturated rings. The third-order valence-corrected chi connectivity index (χ3v) is 3.92. The molecule has 0 amide bonds. The van der Waals surface area contributed by atoms with Crippen molar-refractivity contribution in [1.82, 2.24) is 24.7 Å². The number of benzene rings is 1. The van der Waals surface area contributed by atoms with Crippen molar-refractivity contribution >= 4 is 23.9 Å². The number of H-pyrrole nitrogens is 1. The predicted octanol–water partition coefficient (Wildman–Crippen LogP) is 4.00. The fraction of sp³-hybridized carbons (Fsp3) is 0.133. The van der Waals surface area contributed by atoms with Gasteiger partial charge in [0.1, 0.15) is 17.5 Å². The van der Waals surface area contributed by atoms with Gasteiger partial charge in [-0.05, 0) is 23.8 Å². The Morgan fingerprint density at radius 1 is 1.21 bits per heavy atom. The molecule has 3 rings (SSSR count). The maximum Gasteiger partial charge on any atom is 0.319 e. The summed E-state index contributed by atoms with van der Waals surface area (Å²) in [7, 11) is 0. The zero-order chi connectivity index (χ0) is 16.9. The molecule has 0 aliphatic carbocycles. The average Bonchev–Trinajstić information content (AvgIpc) is 3.21. The highest BCUT2D eigenvalue weighted by Gasteiger charge is 2.12. The topological polar surface area (TPSA) is 59.4 Å². The fourth-order valence-corrected chi connectivity index (χ4v) is 2.66. The van der Waals surface area contributed by atoms with E-state index in [4.69, 9.17) is 0 Å². The number of hydrogen-bond donors (Lipinski definition) is 1. The zero-order valence-corrected chi connectivity index (χ0v) is 13.1. The van der Waals surface area contributed by atoms with Crippen molar-refractivity contribution in [1.29, 1.82) is 0 Å². The number of imidazole rings is 1. The lowest BCUT2D eigenvalue weighted by molar-refractivity contribution is 0.0678. The van der Waals surface area contributed by atoms with Gasteiger partial charge in [-0.15, -0.1) is 5.10 Å². The van der Waals surface area contributed by atoms with Crippen molar-refractivity contribution in [3.8, 4) is 0 Å². The van der Waals surface area contributed by atoms with E-state index in [0.717, 1.165) is 10.1 Å². The molecule has 0 spiro atoms. The summed E-state index contributed by atoms with van der Waals surface area (Å²) >= 11 is 1.20. The van der Waals surface area contributed by atoms with Gasteiger partial charge in [0, 0.05) is 12.4 Å². The summed E-state index contributed by atoms with van der Waals surface area (Å²) in [6.07, 6.45) is 6.02. The quantitative estimate of drug-likeness (QED) is 0.682. The Hall–Kier alpha value is -2.55. The number of aromatic amines is 1. The lowest BCUT2D eigenvalue weighted by atomic mass is 10.2. The van der Waals surface area contributed by atoms with Gasteiger partial charge in [0.25, 0.3) is 0 Å². The minimum atomic E-state index is -2.62. The number of thioether (sulfide) groups is 1. The normalized spacial score (nSPS) is 11.7. The van der Waals surface area contributed by atoms with Crippen LogP contribution >= 0.6 is 11.8 Å². The number of hydrogen-bond acceptors (Lipinski definition) is 4. The van der Waals surface area contributed by atoms with Gasteiger partial charge in [0.15, 0.2) is 0 Å². The van der Waals surface area contributed by atoms with Crippen LogP contribution < -0.4 is 0 Å². The van der Waals surface area contributed by atoms with Gasteiger partial charge in [-0.1, -0.05) is 30.0 Å². The SMILES string of the molecule is Fc1ccc(/C=C/c2nc(SCc3nccn3C(F)F)n[nH]2)cc1. The van der Waals surface area contributed by atoms with Crippen LogP contribution in [0.5, 0.6) is 0 Å². The number of nitrogens with one attached hydrogen (secondary N) is 1. The second-order valence-corrected chi connectivity index (χ2v) is 5.65. The molecule has 0 aliphatic rings. The second-order valence-electron chi connectivity index (χ2n) is 4.71. The Bertz CT molecular complexity index is 826. The standard InChI is InChI=1S/C15H12F3N5S/c16-11-4-1-10(2-5-11)3-6-12-20-15(22-21-12)24-9-13-19-7-8-23(13)14(17)18/h1-8,14H,9H2,(H,20,21,22)/b6-3+. The highest BCUT2D eigenvalue weighted by atomic mass is 32.2. The zero-order valence-electron chi connectivity index (χ0n) is 12.2. The predicted molar refractivity (Wildman–Crippen MR) is 84.8 cm³/mol. The summed E-state index contributed by atoms with van der Waals surface area (Å²) < 4.78 is 39.1. The van der Waals surface area contributed by atoms with Gasteiger partial charge in [0.05, 0.1) is 5.75 Å². The molecule has 0 saturated heterocycles. The smallest absolute Gasteiger partial charge is 0.277 e. The number of nitrogens with zero attached hydrogens (tertiary/aromatic N) is 4. The molecule has 0 saturated carbocycles. The monoisotopic (exact) mass is 351 g/mol. The van der Waals surface area contributed by atoms with E-state index < -0.39 is 6.55 Å². The van der Waals surface area contributed by atoms with Gasteiger partial charge in [-0.3, -0.25) is 9.67 Å². The van der Waals surface area contributed by atoms with Crippen molar-refractivity contribution in [2.45, 2.75) is 17.5 Å². The second kappa shape index (κ2) is 7.35. The Labute approximate surface area is 139 Å². The Balaban J connectivity index is 1.61. The minimum absolute atomic E-state index is 0.232. The molecule has 5 nitrogen and oxygen atoms in total. The summed E-state index contributed by atoms with van der Waals surface area (Å²) in [6.45, 7) is -2.62. The molecule has 124 valence electrons. The van der Waals surface area contributed by atoms with Crippen molar-refractivity contribution < 1.29 is 13.2 Å². The first-order chi connectivity index (χ1) is 11.6. The van der Waals surface area contributed by atoms with E-state index in [0.29, 0.717) is 11.0 Å². The van der Waals surface area contributed by atoms with Gasteiger partial charge < -0.3 is 0 Å². The highest BCUT2D eigenvalue weighted by molar-refractivity contribution is 7.98. The molecule has 0 radical (unpaired) electrons. The van der Waals surface area contributed by atoms with Crippen molar-refractivity contribution in [2.75, 3.05) is 0 Å². The van der Waals surface area contributed by atoms with E-state index in [1.807, 2.05) is 0 Å². The number of halogens is 3. The van der Waals surface area contributed by atoms with Gasteiger partial charge >= 0.3 is 6.55 Å². The molecule has 0 unspecified atom stereocenters. The molecular weight excluding hydrogens is 339 g/mol. The van der Waals surface area contributed by atoms with Crippen LogP contribution in [-0.2, 0) is 5.75 Å². The third-order valence-electron chi connectivity index (χ3n) is 3.08. The number of alkyl halides is 2. The number of rotatable bonds is 6. The first kappa shape index (κ1) is 16.3. The van der Waals surface area contributed by atoms with E-state index >= 15 is 0 Å². The molecule has 3 aromatic rings. The number of aromatic nitrogens is 5. The summed E-state index contributed by atoms with van der Waals surface area (Å²) in [5.41, 5.74) is 0.820. The van der Waals surface area contributed by atoms with E-state index in [1.165, 1.54) is 36.3 Å². The molecule has 0 atom stereocenters. The van der Waals surface area contributed by atoms with Crippen LogP contribution in [0.4, 0.5) is 13.2 Å². The van der Waals surface area contributed by atoms with E-state index in [9.17, 15) is 13.2 Å². The molecule has 2 aromatic heterocycles. The maximum atomic E-state index is 12.8. The highest BCUT2D eigenvalue weighted by Crippen LogP contribution is 2.21. The van der Waals surface area contributed by atoms with Crippen molar-refractivity contribution in [3.05, 3.63) is 59.7 Å². The Morgan fingerprint density at radius 2 is 2.00 bits per heavy atom. The van der Waals surface area contributed by atoms with Gasteiger partial charge in [-0.2, -0.15) is 8.78 Å². The molecular formula is C15H12F3N5S. The van der Waals surface area contributed by atoms with Crippen LogP contribution in [0.25, 0.3) is 12.2 Å². The van der Waals surface area contributed by atoms with E-state index in [1.54, 1.807) is 24.3 Å². The van der Waals surface area contributed by atoms with Crippen molar-refractivity contribution in [3.63, 3.8) is 0 Å². The summed E-state index contributed by atoms with van der Waals surface area (Å²) in [4.78, 5) is 8.12. The molecule has 2 heterocycles. The van der Waals surface area contributed by atoms with E-state index in [2.05, 4.69) is 20.2 Å². The minimum Gasteiger partial charge on any atom is -0.277 e. The molecule has 0 aliphatic heterocycles. The Morgan fingerprint density at radius 3 is 2.75 bits per heavy atom. The molecule has 0 bridgehead atoms. The van der Waals surface area contributed by atoms with Crippen LogP contribution in [-0.4, -0.2) is 24.7 Å². The largest absolute Gasteiger partial charge is 0.319 e. The third kappa shape index (κ3) is 4.05. The van der Waals surface area contributed by atoms with Gasteiger partial charge in [-0.25, -0.2) is 14.4 Å². The van der Waals surface area contributed by atoms with Crippen molar-refractivity contribution in [2.24, 2.45) is 0 Å². The Kier molecular flexibility index (Phi) is 4.99. The summed E-state index contributed by atoms with van der Waals surface area (Å²) in [6, 6.07) is 6.02. The first-order valence-electron chi connectivity index (χ1n) is 6.90.